The van der Waals surface area contributed by atoms with Crippen molar-refractivity contribution in [2.45, 2.75) is 13.5 Å². The maximum absolute atomic E-state index is 5.48. The third kappa shape index (κ3) is 2.94. The third-order valence-electron chi connectivity index (χ3n) is 2.26. The van der Waals surface area contributed by atoms with Crippen LogP contribution in [0.25, 0.3) is 0 Å². The molecule has 86 valence electrons. The van der Waals surface area contributed by atoms with E-state index in [1.54, 1.807) is 7.11 Å². The number of hydrogen-bond donors (Lipinski definition) is 1. The molecule has 0 aliphatic heterocycles. The molecule has 0 atom stereocenters. The molecule has 0 fully saturated rings. The number of aromatic nitrogens is 2. The van der Waals surface area contributed by atoms with Gasteiger partial charge in [-0.2, -0.15) is 5.10 Å². The monoisotopic (exact) mass is 213 g/mol. The molecule has 0 bridgehead atoms. The Kier molecular flexibility index (Phi) is 4.58. The van der Waals surface area contributed by atoms with E-state index in [2.05, 4.69) is 10.4 Å². The minimum absolute atomic E-state index is 0.569. The van der Waals surface area contributed by atoms with Crippen molar-refractivity contribution in [2.75, 3.05) is 32.7 Å². The molecule has 0 aliphatic carbocycles. The predicted octanol–water partition coefficient (Wildman–Crippen LogP) is 0.933. The van der Waals surface area contributed by atoms with Crippen LogP contribution in [0.3, 0.4) is 0 Å². The Morgan fingerprint density at radius 2 is 2.13 bits per heavy atom. The van der Waals surface area contributed by atoms with Crippen LogP contribution >= 0.6 is 0 Å². The lowest BCUT2D eigenvalue weighted by Gasteiger charge is -2.06. The van der Waals surface area contributed by atoms with Gasteiger partial charge in [0.05, 0.1) is 25.5 Å². The molecule has 1 aromatic rings. The van der Waals surface area contributed by atoms with Crippen LogP contribution in [0.5, 0.6) is 0 Å². The van der Waals surface area contributed by atoms with Gasteiger partial charge in [0, 0.05) is 26.8 Å². The molecule has 0 aliphatic rings. The second-order valence-corrected chi connectivity index (χ2v) is 3.33. The number of anilines is 1. The molecule has 0 radical (unpaired) electrons. The molecular formula is C10H19N3O2. The van der Waals surface area contributed by atoms with Crippen LogP contribution in [0.1, 0.15) is 11.3 Å². The summed E-state index contributed by atoms with van der Waals surface area (Å²) in [7, 11) is 5.46. The summed E-state index contributed by atoms with van der Waals surface area (Å²) in [6.45, 7) is 3.78. The number of nitrogens with zero attached hydrogens (tertiary/aromatic N) is 2. The highest BCUT2D eigenvalue weighted by atomic mass is 16.5. The van der Waals surface area contributed by atoms with Gasteiger partial charge in [0.15, 0.2) is 0 Å². The number of ether oxygens (including phenoxy) is 2. The zero-order valence-corrected chi connectivity index (χ0v) is 9.83. The first-order chi connectivity index (χ1) is 7.20. The molecule has 1 rings (SSSR count). The van der Waals surface area contributed by atoms with E-state index in [4.69, 9.17) is 9.47 Å². The van der Waals surface area contributed by atoms with Gasteiger partial charge in [0.2, 0.25) is 0 Å². The van der Waals surface area contributed by atoms with Gasteiger partial charge in [-0.05, 0) is 6.92 Å². The Hall–Kier alpha value is -1.07. The lowest BCUT2D eigenvalue weighted by Crippen LogP contribution is -2.05. The van der Waals surface area contributed by atoms with Crippen molar-refractivity contribution in [2.24, 2.45) is 7.05 Å². The van der Waals surface area contributed by atoms with Crippen LogP contribution in [0.2, 0.25) is 0 Å². The van der Waals surface area contributed by atoms with Crippen molar-refractivity contribution in [1.82, 2.24) is 9.78 Å². The van der Waals surface area contributed by atoms with Crippen molar-refractivity contribution in [3.8, 4) is 0 Å². The fourth-order valence-electron chi connectivity index (χ4n) is 1.50. The molecule has 0 unspecified atom stereocenters. The molecule has 0 saturated heterocycles. The molecule has 5 heteroatoms. The molecule has 1 heterocycles. The SMILES string of the molecule is CNc1c(COCCOC)c(C)nn1C. The number of aryl methyl sites for hydroxylation is 2. The number of methoxy groups -OCH3 is 1. The summed E-state index contributed by atoms with van der Waals surface area (Å²) in [5.74, 6) is 1.00. The molecule has 1 N–H and O–H groups in total. The van der Waals surface area contributed by atoms with Crippen molar-refractivity contribution in [3.63, 3.8) is 0 Å². The number of nitrogens with one attached hydrogen (secondary N) is 1. The standard InChI is InChI=1S/C10H19N3O2/c1-8-9(7-15-6-5-14-4)10(11-2)13(3)12-8/h11H,5-7H2,1-4H3. The first-order valence-corrected chi connectivity index (χ1v) is 4.97. The summed E-state index contributed by atoms with van der Waals surface area (Å²) in [6.07, 6.45) is 0. The molecular weight excluding hydrogens is 194 g/mol. The van der Waals surface area contributed by atoms with Crippen molar-refractivity contribution >= 4 is 5.82 Å². The summed E-state index contributed by atoms with van der Waals surface area (Å²) >= 11 is 0. The average Bonchev–Trinajstić information content (AvgIpc) is 2.48. The lowest BCUT2D eigenvalue weighted by atomic mass is 10.2. The Morgan fingerprint density at radius 1 is 1.40 bits per heavy atom. The van der Waals surface area contributed by atoms with Crippen molar-refractivity contribution in [3.05, 3.63) is 11.3 Å². The van der Waals surface area contributed by atoms with Gasteiger partial charge < -0.3 is 14.8 Å². The summed E-state index contributed by atoms with van der Waals surface area (Å²) in [5.41, 5.74) is 2.11. The van der Waals surface area contributed by atoms with E-state index in [-0.39, 0.29) is 0 Å². The molecule has 0 amide bonds. The largest absolute Gasteiger partial charge is 0.382 e. The summed E-state index contributed by atoms with van der Waals surface area (Å²) in [6, 6.07) is 0. The third-order valence-corrected chi connectivity index (χ3v) is 2.26. The summed E-state index contributed by atoms with van der Waals surface area (Å²) in [4.78, 5) is 0. The fourth-order valence-corrected chi connectivity index (χ4v) is 1.50. The highest BCUT2D eigenvalue weighted by Gasteiger charge is 2.11. The van der Waals surface area contributed by atoms with Gasteiger partial charge >= 0.3 is 0 Å². The van der Waals surface area contributed by atoms with Gasteiger partial charge in [0.25, 0.3) is 0 Å². The highest BCUT2D eigenvalue weighted by Crippen LogP contribution is 2.18. The lowest BCUT2D eigenvalue weighted by molar-refractivity contribution is 0.0616. The maximum atomic E-state index is 5.48. The topological polar surface area (TPSA) is 48.3 Å². The van der Waals surface area contributed by atoms with Gasteiger partial charge in [0.1, 0.15) is 5.82 Å². The van der Waals surface area contributed by atoms with E-state index in [1.165, 1.54) is 0 Å². The highest BCUT2D eigenvalue weighted by molar-refractivity contribution is 5.46. The normalized spacial score (nSPS) is 10.7. The summed E-state index contributed by atoms with van der Waals surface area (Å²) in [5, 5.41) is 7.44. The van der Waals surface area contributed by atoms with Crippen LogP contribution in [-0.2, 0) is 23.1 Å². The molecule has 0 aromatic carbocycles. The molecule has 0 saturated carbocycles. The molecule has 5 nitrogen and oxygen atoms in total. The minimum Gasteiger partial charge on any atom is -0.382 e. The van der Waals surface area contributed by atoms with Crippen LogP contribution in [-0.4, -0.2) is 37.2 Å². The zero-order chi connectivity index (χ0) is 11.3. The second-order valence-electron chi connectivity index (χ2n) is 3.33. The minimum atomic E-state index is 0.569. The van der Waals surface area contributed by atoms with Gasteiger partial charge in [-0.25, -0.2) is 0 Å². The van der Waals surface area contributed by atoms with E-state index in [0.717, 1.165) is 17.1 Å². The maximum Gasteiger partial charge on any atom is 0.129 e. The predicted molar refractivity (Wildman–Crippen MR) is 59.0 cm³/mol. The van der Waals surface area contributed by atoms with Gasteiger partial charge in [-0.15, -0.1) is 0 Å². The Balaban J connectivity index is 2.59. The van der Waals surface area contributed by atoms with E-state index >= 15 is 0 Å². The quantitative estimate of drug-likeness (QED) is 0.714. The zero-order valence-electron chi connectivity index (χ0n) is 9.83. The number of hydrogen-bond acceptors (Lipinski definition) is 4. The van der Waals surface area contributed by atoms with Crippen molar-refractivity contribution < 1.29 is 9.47 Å². The van der Waals surface area contributed by atoms with E-state index in [0.29, 0.717) is 19.8 Å². The van der Waals surface area contributed by atoms with Crippen LogP contribution in [0.15, 0.2) is 0 Å². The Labute approximate surface area is 90.4 Å². The molecule has 1 aromatic heterocycles. The van der Waals surface area contributed by atoms with E-state index < -0.39 is 0 Å². The van der Waals surface area contributed by atoms with Crippen molar-refractivity contribution in [1.29, 1.82) is 0 Å². The van der Waals surface area contributed by atoms with Crippen LogP contribution < -0.4 is 5.32 Å². The van der Waals surface area contributed by atoms with E-state index in [1.807, 2.05) is 25.7 Å². The van der Waals surface area contributed by atoms with Crippen LogP contribution in [0.4, 0.5) is 5.82 Å². The average molecular weight is 213 g/mol. The first kappa shape index (κ1) is 12.0. The van der Waals surface area contributed by atoms with Gasteiger partial charge in [-0.1, -0.05) is 0 Å². The smallest absolute Gasteiger partial charge is 0.129 e. The molecule has 15 heavy (non-hydrogen) atoms. The van der Waals surface area contributed by atoms with E-state index in [9.17, 15) is 0 Å². The molecule has 0 spiro atoms. The van der Waals surface area contributed by atoms with Gasteiger partial charge in [-0.3, -0.25) is 4.68 Å². The first-order valence-electron chi connectivity index (χ1n) is 4.97. The number of rotatable bonds is 6. The van der Waals surface area contributed by atoms with Crippen LogP contribution in [0, 0.1) is 6.92 Å². The Bertz CT molecular complexity index is 310. The Morgan fingerprint density at radius 3 is 2.73 bits per heavy atom. The second kappa shape index (κ2) is 5.72. The fraction of sp³-hybridized carbons (Fsp3) is 0.700. The summed E-state index contributed by atoms with van der Waals surface area (Å²) < 4.78 is 12.2.